The lowest BCUT2D eigenvalue weighted by atomic mass is 9.77. The fourth-order valence-electron chi connectivity index (χ4n) is 3.92. The fraction of sp³-hybridized carbons (Fsp3) is 0.867. The number of hydrogen-bond acceptors (Lipinski definition) is 4. The predicted molar refractivity (Wildman–Crippen MR) is 79.3 cm³/mol. The van der Waals surface area contributed by atoms with E-state index in [0.717, 1.165) is 11.7 Å². The number of aromatic amines is 1. The van der Waals surface area contributed by atoms with Crippen LogP contribution in [0.5, 0.6) is 0 Å². The van der Waals surface area contributed by atoms with E-state index in [-0.39, 0.29) is 6.04 Å². The number of rotatable bonds is 4. The van der Waals surface area contributed by atoms with E-state index < -0.39 is 0 Å². The molecule has 4 unspecified atom stereocenters. The van der Waals surface area contributed by atoms with Crippen molar-refractivity contribution in [1.82, 2.24) is 25.8 Å². The van der Waals surface area contributed by atoms with Crippen LogP contribution in [0.2, 0.25) is 0 Å². The van der Waals surface area contributed by atoms with Gasteiger partial charge in [-0.3, -0.25) is 5.10 Å². The molecule has 5 nitrogen and oxygen atoms in total. The average molecular weight is 277 g/mol. The van der Waals surface area contributed by atoms with Gasteiger partial charge in [0.25, 0.3) is 0 Å². The summed E-state index contributed by atoms with van der Waals surface area (Å²) in [5.41, 5.74) is 0. The zero-order chi connectivity index (χ0) is 13.8. The molecule has 2 fully saturated rings. The molecule has 3 rings (SSSR count). The van der Waals surface area contributed by atoms with Gasteiger partial charge in [-0.25, -0.2) is 4.98 Å². The maximum absolute atomic E-state index is 4.27. The molecule has 3 N–H and O–H groups in total. The van der Waals surface area contributed by atoms with E-state index in [2.05, 4.69) is 32.7 Å². The van der Waals surface area contributed by atoms with Gasteiger partial charge < -0.3 is 10.6 Å². The van der Waals surface area contributed by atoms with Crippen molar-refractivity contribution in [2.24, 2.45) is 5.92 Å². The summed E-state index contributed by atoms with van der Waals surface area (Å²) in [7, 11) is 0. The Balaban J connectivity index is 1.62. The van der Waals surface area contributed by atoms with Crippen molar-refractivity contribution in [3.63, 3.8) is 0 Å². The van der Waals surface area contributed by atoms with Gasteiger partial charge in [0.2, 0.25) is 0 Å². The Labute approximate surface area is 121 Å². The van der Waals surface area contributed by atoms with Crippen LogP contribution in [0, 0.1) is 5.92 Å². The summed E-state index contributed by atoms with van der Waals surface area (Å²) >= 11 is 0. The highest BCUT2D eigenvalue weighted by atomic mass is 15.2. The van der Waals surface area contributed by atoms with Crippen molar-refractivity contribution < 1.29 is 0 Å². The molecule has 0 spiro atoms. The van der Waals surface area contributed by atoms with Crippen LogP contribution in [-0.2, 0) is 0 Å². The lowest BCUT2D eigenvalue weighted by Gasteiger charge is -2.40. The summed E-state index contributed by atoms with van der Waals surface area (Å²) in [6.07, 6.45) is 11.1. The third-order valence-electron chi connectivity index (χ3n) is 4.99. The van der Waals surface area contributed by atoms with E-state index >= 15 is 0 Å². The van der Waals surface area contributed by atoms with Gasteiger partial charge >= 0.3 is 0 Å². The third-order valence-corrected chi connectivity index (χ3v) is 4.99. The molecule has 1 saturated carbocycles. The summed E-state index contributed by atoms with van der Waals surface area (Å²) in [4.78, 5) is 4.27. The molecule has 1 aromatic heterocycles. The lowest BCUT2D eigenvalue weighted by molar-refractivity contribution is 0.172. The van der Waals surface area contributed by atoms with Crippen molar-refractivity contribution in [3.05, 3.63) is 12.2 Å². The summed E-state index contributed by atoms with van der Waals surface area (Å²) in [5, 5.41) is 14.5. The van der Waals surface area contributed by atoms with Gasteiger partial charge in [-0.05, 0) is 45.1 Å². The lowest BCUT2D eigenvalue weighted by Crippen LogP contribution is -2.51. The van der Waals surface area contributed by atoms with E-state index in [9.17, 15) is 0 Å². The molecule has 5 heteroatoms. The van der Waals surface area contributed by atoms with Gasteiger partial charge in [-0.15, -0.1) is 0 Å². The number of nitrogens with zero attached hydrogens (tertiary/aromatic N) is 2. The molecule has 2 heterocycles. The largest absolute Gasteiger partial charge is 0.314 e. The van der Waals surface area contributed by atoms with Crippen molar-refractivity contribution in [1.29, 1.82) is 0 Å². The minimum absolute atomic E-state index is 0.256. The Hall–Kier alpha value is -0.940. The second-order valence-electron chi connectivity index (χ2n) is 6.37. The highest BCUT2D eigenvalue weighted by Gasteiger charge is 2.33. The first-order chi connectivity index (χ1) is 9.84. The molecule has 20 heavy (non-hydrogen) atoms. The van der Waals surface area contributed by atoms with E-state index in [0.29, 0.717) is 12.1 Å². The van der Waals surface area contributed by atoms with Gasteiger partial charge in [-0.1, -0.05) is 19.3 Å². The zero-order valence-electron chi connectivity index (χ0n) is 12.4. The summed E-state index contributed by atoms with van der Waals surface area (Å²) in [6.45, 7) is 3.38. The Bertz CT molecular complexity index is 385. The number of aromatic nitrogens is 3. The monoisotopic (exact) mass is 277 g/mol. The molecule has 112 valence electrons. The first-order valence-electron chi connectivity index (χ1n) is 8.19. The molecule has 2 aliphatic rings. The second kappa shape index (κ2) is 6.68. The maximum atomic E-state index is 4.27. The van der Waals surface area contributed by atoms with Gasteiger partial charge in [0.05, 0.1) is 6.04 Å². The Morgan fingerprint density at radius 3 is 2.80 bits per heavy atom. The quantitative estimate of drug-likeness (QED) is 0.789. The van der Waals surface area contributed by atoms with Crippen LogP contribution in [-0.4, -0.2) is 33.8 Å². The highest BCUT2D eigenvalue weighted by molar-refractivity contribution is 4.95. The Morgan fingerprint density at radius 1 is 1.20 bits per heavy atom. The Morgan fingerprint density at radius 2 is 2.05 bits per heavy atom. The topological polar surface area (TPSA) is 65.6 Å². The van der Waals surface area contributed by atoms with Crippen molar-refractivity contribution in [3.8, 4) is 0 Å². The maximum Gasteiger partial charge on any atom is 0.141 e. The molecule has 0 amide bonds. The van der Waals surface area contributed by atoms with Gasteiger partial charge in [0.1, 0.15) is 12.2 Å². The molecule has 0 aromatic carbocycles. The molecule has 1 aliphatic heterocycles. The number of H-pyrrole nitrogens is 1. The van der Waals surface area contributed by atoms with Gasteiger partial charge in [-0.2, -0.15) is 5.10 Å². The van der Waals surface area contributed by atoms with Gasteiger partial charge in [0, 0.05) is 12.1 Å². The van der Waals surface area contributed by atoms with E-state index in [4.69, 9.17) is 0 Å². The van der Waals surface area contributed by atoms with E-state index in [1.807, 2.05) is 0 Å². The Kier molecular flexibility index (Phi) is 4.68. The van der Waals surface area contributed by atoms with E-state index in [1.165, 1.54) is 51.5 Å². The van der Waals surface area contributed by atoms with Crippen molar-refractivity contribution >= 4 is 0 Å². The van der Waals surface area contributed by atoms with Gasteiger partial charge in [0.15, 0.2) is 0 Å². The smallest absolute Gasteiger partial charge is 0.141 e. The van der Waals surface area contributed by atoms with Crippen LogP contribution in [0.4, 0.5) is 0 Å². The van der Waals surface area contributed by atoms with Crippen LogP contribution in [0.25, 0.3) is 0 Å². The predicted octanol–water partition coefficient (Wildman–Crippen LogP) is 2.16. The summed E-state index contributed by atoms with van der Waals surface area (Å²) in [5.74, 6) is 1.72. The molecule has 4 atom stereocenters. The zero-order valence-corrected chi connectivity index (χ0v) is 12.4. The standard InChI is InChI=1S/C15H27N5/c1-11(15-17-10-18-20-15)19-14-8-3-2-6-12(14)13-7-4-5-9-16-13/h10-14,16,19H,2-9H2,1H3,(H,17,18,20). The van der Waals surface area contributed by atoms with Crippen LogP contribution < -0.4 is 10.6 Å². The van der Waals surface area contributed by atoms with Crippen LogP contribution >= 0.6 is 0 Å². The molecular weight excluding hydrogens is 250 g/mol. The van der Waals surface area contributed by atoms with Crippen LogP contribution in [0.15, 0.2) is 6.33 Å². The first-order valence-corrected chi connectivity index (χ1v) is 8.19. The minimum Gasteiger partial charge on any atom is -0.314 e. The SMILES string of the molecule is CC(NC1CCCCC1C1CCCCN1)c1ncn[nH]1. The summed E-state index contributed by atoms with van der Waals surface area (Å²) in [6, 6.07) is 1.58. The number of hydrogen-bond donors (Lipinski definition) is 3. The first kappa shape index (κ1) is 14.0. The highest BCUT2D eigenvalue weighted by Crippen LogP contribution is 2.31. The molecule has 1 saturated heterocycles. The minimum atomic E-state index is 0.256. The molecule has 0 bridgehead atoms. The second-order valence-corrected chi connectivity index (χ2v) is 6.37. The molecule has 0 radical (unpaired) electrons. The van der Waals surface area contributed by atoms with Crippen molar-refractivity contribution in [2.75, 3.05) is 6.54 Å². The normalized spacial score (nSPS) is 33.0. The third kappa shape index (κ3) is 3.20. The van der Waals surface area contributed by atoms with Crippen molar-refractivity contribution in [2.45, 2.75) is 70.0 Å². The average Bonchev–Trinajstić information content (AvgIpc) is 3.03. The number of nitrogens with one attached hydrogen (secondary N) is 3. The van der Waals surface area contributed by atoms with Crippen LogP contribution in [0.3, 0.4) is 0 Å². The molecule has 1 aliphatic carbocycles. The number of piperidine rings is 1. The molecule has 1 aromatic rings. The fourth-order valence-corrected chi connectivity index (χ4v) is 3.92. The molecular formula is C15H27N5. The van der Waals surface area contributed by atoms with E-state index in [1.54, 1.807) is 6.33 Å². The van der Waals surface area contributed by atoms with Crippen LogP contribution in [0.1, 0.15) is 63.7 Å². The summed E-state index contributed by atoms with van der Waals surface area (Å²) < 4.78 is 0.